The summed E-state index contributed by atoms with van der Waals surface area (Å²) in [4.78, 5) is 19.6. The number of morpholine rings is 1. The van der Waals surface area contributed by atoms with Gasteiger partial charge in [0.15, 0.2) is 5.13 Å². The second-order valence-corrected chi connectivity index (χ2v) is 8.91. The normalized spacial score (nSPS) is 12.6. The molecule has 7 nitrogen and oxygen atoms in total. The minimum Gasteiger partial charge on any atom is -0.382 e. The van der Waals surface area contributed by atoms with E-state index < -0.39 is 0 Å². The minimum atomic E-state index is -0.171. The van der Waals surface area contributed by atoms with Gasteiger partial charge in [-0.2, -0.15) is 0 Å². The largest absolute Gasteiger partial charge is 0.382 e. The first-order valence-corrected chi connectivity index (χ1v) is 13.9. The third kappa shape index (κ3) is 9.89. The lowest BCUT2D eigenvalue weighted by atomic mass is 10.1. The maximum absolute atomic E-state index is 12.7. The summed E-state index contributed by atoms with van der Waals surface area (Å²) < 4.78 is 16.1. The molecule has 0 unspecified atom stereocenters. The van der Waals surface area contributed by atoms with Crippen LogP contribution in [0.4, 0.5) is 10.8 Å². The van der Waals surface area contributed by atoms with Crippen LogP contribution in [0.3, 0.4) is 0 Å². The second-order valence-electron chi connectivity index (χ2n) is 8.05. The Hall–Kier alpha value is -2.78. The molecule has 2 aromatic carbocycles. The van der Waals surface area contributed by atoms with Crippen molar-refractivity contribution >= 4 is 28.1 Å². The Morgan fingerprint density at radius 3 is 2.41 bits per heavy atom. The number of ether oxygens (including phenoxy) is 3. The zero-order valence-corrected chi connectivity index (χ0v) is 23.6. The average molecular weight is 528 g/mol. The topological polar surface area (TPSA) is 72.9 Å². The van der Waals surface area contributed by atoms with Gasteiger partial charge in [0, 0.05) is 42.4 Å². The molecular formula is C29H41N3O4S. The summed E-state index contributed by atoms with van der Waals surface area (Å²) in [6.45, 7) is 13.0. The van der Waals surface area contributed by atoms with Gasteiger partial charge in [-0.1, -0.05) is 58.4 Å². The molecule has 0 spiro atoms. The number of amides is 1. The SMILES string of the molecule is CC.CCC.COCCOCc1ccccc1-c1csc(NC(=O)c2ccc(N3CCOCC3)cc2)n1. The number of anilines is 2. The van der Waals surface area contributed by atoms with Crippen molar-refractivity contribution in [2.45, 2.75) is 40.7 Å². The molecule has 37 heavy (non-hydrogen) atoms. The highest BCUT2D eigenvalue weighted by molar-refractivity contribution is 7.14. The first-order chi connectivity index (χ1) is 18.2. The molecule has 0 radical (unpaired) electrons. The predicted molar refractivity (Wildman–Crippen MR) is 154 cm³/mol. The smallest absolute Gasteiger partial charge is 0.257 e. The van der Waals surface area contributed by atoms with Crippen LogP contribution in [0.15, 0.2) is 53.9 Å². The van der Waals surface area contributed by atoms with Crippen LogP contribution < -0.4 is 10.2 Å². The minimum absolute atomic E-state index is 0.171. The van der Waals surface area contributed by atoms with Crippen LogP contribution >= 0.6 is 11.3 Å². The van der Waals surface area contributed by atoms with Crippen molar-refractivity contribution in [1.29, 1.82) is 0 Å². The summed E-state index contributed by atoms with van der Waals surface area (Å²) >= 11 is 1.41. The summed E-state index contributed by atoms with van der Waals surface area (Å²) in [5.41, 5.74) is 4.57. The molecule has 4 rings (SSSR count). The van der Waals surface area contributed by atoms with E-state index in [9.17, 15) is 4.79 Å². The molecule has 8 heteroatoms. The third-order valence-corrected chi connectivity index (χ3v) is 5.97. The number of methoxy groups -OCH3 is 1. The van der Waals surface area contributed by atoms with E-state index in [1.807, 2.05) is 67.8 Å². The molecule has 0 aliphatic carbocycles. The summed E-state index contributed by atoms with van der Waals surface area (Å²) in [6.07, 6.45) is 1.25. The van der Waals surface area contributed by atoms with Crippen molar-refractivity contribution in [2.75, 3.05) is 56.8 Å². The lowest BCUT2D eigenvalue weighted by Crippen LogP contribution is -2.36. The number of hydrogen-bond donors (Lipinski definition) is 1. The molecule has 0 saturated carbocycles. The molecule has 2 heterocycles. The molecule has 1 aliphatic rings. The van der Waals surface area contributed by atoms with E-state index >= 15 is 0 Å². The van der Waals surface area contributed by atoms with Gasteiger partial charge in [-0.05, 0) is 29.8 Å². The van der Waals surface area contributed by atoms with Crippen molar-refractivity contribution in [3.05, 3.63) is 65.0 Å². The Balaban J connectivity index is 0.000000898. The Morgan fingerprint density at radius 2 is 1.73 bits per heavy atom. The molecule has 202 valence electrons. The van der Waals surface area contributed by atoms with Crippen LogP contribution in [0, 0.1) is 0 Å². The molecule has 1 amide bonds. The fraction of sp³-hybridized carbons (Fsp3) is 0.448. The highest BCUT2D eigenvalue weighted by atomic mass is 32.1. The maximum atomic E-state index is 12.7. The highest BCUT2D eigenvalue weighted by Gasteiger charge is 2.14. The van der Waals surface area contributed by atoms with Crippen LogP contribution in [-0.2, 0) is 20.8 Å². The van der Waals surface area contributed by atoms with E-state index in [1.165, 1.54) is 17.8 Å². The summed E-state index contributed by atoms with van der Waals surface area (Å²) in [5.74, 6) is -0.171. The number of nitrogens with zero attached hydrogens (tertiary/aromatic N) is 2. The zero-order valence-electron chi connectivity index (χ0n) is 22.8. The van der Waals surface area contributed by atoms with Gasteiger partial charge in [0.2, 0.25) is 0 Å². The van der Waals surface area contributed by atoms with Crippen LogP contribution in [-0.4, -0.2) is 57.5 Å². The summed E-state index contributed by atoms with van der Waals surface area (Å²) in [6, 6.07) is 15.6. The highest BCUT2D eigenvalue weighted by Crippen LogP contribution is 2.28. The second kappa shape index (κ2) is 17.6. The number of aromatic nitrogens is 1. The number of benzene rings is 2. The molecular weight excluding hydrogens is 486 g/mol. The van der Waals surface area contributed by atoms with Gasteiger partial charge in [0.05, 0.1) is 38.7 Å². The Kier molecular flexibility index (Phi) is 14.5. The van der Waals surface area contributed by atoms with Crippen molar-refractivity contribution < 1.29 is 19.0 Å². The van der Waals surface area contributed by atoms with E-state index in [0.717, 1.165) is 48.8 Å². The number of carbonyl (C=O) groups excluding carboxylic acids is 1. The molecule has 3 aromatic rings. The molecule has 1 N–H and O–H groups in total. The van der Waals surface area contributed by atoms with Crippen LogP contribution in [0.5, 0.6) is 0 Å². The average Bonchev–Trinajstić information content (AvgIpc) is 3.41. The van der Waals surface area contributed by atoms with Crippen LogP contribution in [0.25, 0.3) is 11.3 Å². The quantitative estimate of drug-likeness (QED) is 0.320. The fourth-order valence-corrected chi connectivity index (χ4v) is 4.20. The first-order valence-electron chi connectivity index (χ1n) is 13.0. The lowest BCUT2D eigenvalue weighted by molar-refractivity contribution is 0.0618. The maximum Gasteiger partial charge on any atom is 0.257 e. The Morgan fingerprint density at radius 1 is 1.05 bits per heavy atom. The van der Waals surface area contributed by atoms with Gasteiger partial charge < -0.3 is 19.1 Å². The van der Waals surface area contributed by atoms with E-state index in [4.69, 9.17) is 14.2 Å². The van der Waals surface area contributed by atoms with Crippen LogP contribution in [0.2, 0.25) is 0 Å². The number of rotatable bonds is 9. The zero-order chi connectivity index (χ0) is 26.9. The van der Waals surface area contributed by atoms with Gasteiger partial charge in [-0.25, -0.2) is 4.98 Å². The van der Waals surface area contributed by atoms with E-state index in [-0.39, 0.29) is 5.91 Å². The van der Waals surface area contributed by atoms with Crippen molar-refractivity contribution in [3.8, 4) is 11.3 Å². The van der Waals surface area contributed by atoms with E-state index in [2.05, 4.69) is 29.0 Å². The lowest BCUT2D eigenvalue weighted by Gasteiger charge is -2.28. The van der Waals surface area contributed by atoms with E-state index in [1.54, 1.807) is 7.11 Å². The molecule has 1 aromatic heterocycles. The van der Waals surface area contributed by atoms with Gasteiger partial charge in [0.1, 0.15) is 0 Å². The standard InChI is InChI=1S/C24H27N3O4S.C3H8.C2H6/c1-29-14-15-31-16-19-4-2-3-5-21(19)22-17-32-24(25-22)26-23(28)18-6-8-20(9-7-18)27-10-12-30-13-11-27;1-3-2;1-2/h2-9,17H,10-16H2,1H3,(H,25,26,28);3H2,1-2H3;1-2H3. The van der Waals surface area contributed by atoms with E-state index in [0.29, 0.717) is 30.5 Å². The van der Waals surface area contributed by atoms with Crippen molar-refractivity contribution in [2.24, 2.45) is 0 Å². The number of hydrogen-bond acceptors (Lipinski definition) is 7. The Bertz CT molecular complexity index is 1030. The molecule has 1 fully saturated rings. The number of carbonyl (C=O) groups is 1. The number of thiazole rings is 1. The fourth-order valence-electron chi connectivity index (χ4n) is 3.49. The molecule has 1 aliphatic heterocycles. The van der Waals surface area contributed by atoms with Gasteiger partial charge in [0.25, 0.3) is 5.91 Å². The van der Waals surface area contributed by atoms with Crippen LogP contribution in [0.1, 0.15) is 50.0 Å². The third-order valence-electron chi connectivity index (χ3n) is 5.21. The molecule has 1 saturated heterocycles. The van der Waals surface area contributed by atoms with Gasteiger partial charge >= 0.3 is 0 Å². The predicted octanol–water partition coefficient (Wildman–Crippen LogP) is 6.50. The Labute approximate surface area is 225 Å². The van der Waals surface area contributed by atoms with Gasteiger partial charge in [-0.3, -0.25) is 10.1 Å². The first kappa shape index (κ1) is 30.4. The summed E-state index contributed by atoms with van der Waals surface area (Å²) in [5, 5.41) is 5.43. The monoisotopic (exact) mass is 527 g/mol. The van der Waals surface area contributed by atoms with Crippen molar-refractivity contribution in [1.82, 2.24) is 4.98 Å². The summed E-state index contributed by atoms with van der Waals surface area (Å²) in [7, 11) is 1.65. The van der Waals surface area contributed by atoms with Gasteiger partial charge in [-0.15, -0.1) is 11.3 Å². The number of nitrogens with one attached hydrogen (secondary N) is 1. The van der Waals surface area contributed by atoms with Crippen molar-refractivity contribution in [3.63, 3.8) is 0 Å². The molecule has 0 atom stereocenters. The molecule has 0 bridgehead atoms.